The molecule has 0 fully saturated rings. The standard InChI is InChI=1S/C16H20N2O/c1-12-9-13(2)11-14(10-12)18-7-8-19-16-6-4-3-5-15(16)17/h3-6,9-11,18H,7-8,17H2,1-2H3. The molecule has 0 aliphatic heterocycles. The molecule has 3 nitrogen and oxygen atoms in total. The van der Waals surface area contributed by atoms with E-state index in [1.165, 1.54) is 11.1 Å². The molecule has 3 N–H and O–H groups in total. The molecule has 0 heterocycles. The van der Waals surface area contributed by atoms with Crippen molar-refractivity contribution in [2.24, 2.45) is 0 Å². The number of ether oxygens (including phenoxy) is 1. The third kappa shape index (κ3) is 3.91. The molecule has 2 aromatic carbocycles. The van der Waals surface area contributed by atoms with Crippen LogP contribution in [-0.4, -0.2) is 13.2 Å². The van der Waals surface area contributed by atoms with Crippen LogP contribution in [0.15, 0.2) is 42.5 Å². The maximum Gasteiger partial charge on any atom is 0.142 e. The Balaban J connectivity index is 1.82. The lowest BCUT2D eigenvalue weighted by Gasteiger charge is -2.11. The number of aryl methyl sites for hydroxylation is 2. The van der Waals surface area contributed by atoms with E-state index >= 15 is 0 Å². The summed E-state index contributed by atoms with van der Waals surface area (Å²) < 4.78 is 5.63. The Labute approximate surface area is 114 Å². The molecule has 0 aromatic heterocycles. The normalized spacial score (nSPS) is 10.2. The highest BCUT2D eigenvalue weighted by Crippen LogP contribution is 2.19. The van der Waals surface area contributed by atoms with Crippen molar-refractivity contribution >= 4 is 11.4 Å². The summed E-state index contributed by atoms with van der Waals surface area (Å²) in [5.41, 5.74) is 10.1. The number of benzene rings is 2. The maximum absolute atomic E-state index is 5.81. The fraction of sp³-hybridized carbons (Fsp3) is 0.250. The molecule has 0 spiro atoms. The Bertz CT molecular complexity index is 532. The van der Waals surface area contributed by atoms with Crippen molar-refractivity contribution in [2.75, 3.05) is 24.2 Å². The van der Waals surface area contributed by atoms with E-state index in [0.29, 0.717) is 12.3 Å². The summed E-state index contributed by atoms with van der Waals surface area (Å²) in [4.78, 5) is 0. The SMILES string of the molecule is Cc1cc(C)cc(NCCOc2ccccc2N)c1. The zero-order valence-electron chi connectivity index (χ0n) is 11.4. The van der Waals surface area contributed by atoms with Crippen molar-refractivity contribution < 1.29 is 4.74 Å². The van der Waals surface area contributed by atoms with Crippen LogP contribution in [0.3, 0.4) is 0 Å². The number of rotatable bonds is 5. The lowest BCUT2D eigenvalue weighted by atomic mass is 10.1. The monoisotopic (exact) mass is 256 g/mol. The number of para-hydroxylation sites is 2. The van der Waals surface area contributed by atoms with Crippen LogP contribution < -0.4 is 15.8 Å². The van der Waals surface area contributed by atoms with Crippen molar-refractivity contribution in [3.63, 3.8) is 0 Å². The number of nitrogens with two attached hydrogens (primary N) is 1. The molecule has 0 amide bonds. The molecule has 0 atom stereocenters. The Hall–Kier alpha value is -2.16. The van der Waals surface area contributed by atoms with Crippen LogP contribution in [-0.2, 0) is 0 Å². The second-order valence-electron chi connectivity index (χ2n) is 4.69. The van der Waals surface area contributed by atoms with Crippen molar-refractivity contribution in [2.45, 2.75) is 13.8 Å². The van der Waals surface area contributed by atoms with Crippen molar-refractivity contribution in [1.82, 2.24) is 0 Å². The predicted octanol–water partition coefficient (Wildman–Crippen LogP) is 3.38. The van der Waals surface area contributed by atoms with E-state index in [2.05, 4.69) is 37.4 Å². The fourth-order valence-electron chi connectivity index (χ4n) is 2.05. The number of nitrogen functional groups attached to an aromatic ring is 1. The molecular formula is C16H20N2O. The molecule has 100 valence electrons. The van der Waals surface area contributed by atoms with Gasteiger partial charge in [-0.05, 0) is 49.2 Å². The highest BCUT2D eigenvalue weighted by molar-refractivity contribution is 5.52. The van der Waals surface area contributed by atoms with Crippen LogP contribution in [0, 0.1) is 13.8 Å². The van der Waals surface area contributed by atoms with Crippen molar-refractivity contribution in [3.8, 4) is 5.75 Å². The first-order chi connectivity index (χ1) is 9.15. The van der Waals surface area contributed by atoms with Gasteiger partial charge in [-0.25, -0.2) is 0 Å². The molecular weight excluding hydrogens is 236 g/mol. The molecule has 0 unspecified atom stereocenters. The van der Waals surface area contributed by atoms with E-state index in [1.54, 1.807) is 0 Å². The molecule has 0 bridgehead atoms. The molecule has 0 aliphatic carbocycles. The van der Waals surface area contributed by atoms with Gasteiger partial charge in [0, 0.05) is 12.2 Å². The average molecular weight is 256 g/mol. The van der Waals surface area contributed by atoms with Gasteiger partial charge in [-0.2, -0.15) is 0 Å². The van der Waals surface area contributed by atoms with Crippen LogP contribution >= 0.6 is 0 Å². The van der Waals surface area contributed by atoms with E-state index in [-0.39, 0.29) is 0 Å². The molecule has 0 saturated heterocycles. The van der Waals surface area contributed by atoms with Crippen LogP contribution in [0.5, 0.6) is 5.75 Å². The quantitative estimate of drug-likeness (QED) is 0.637. The molecule has 0 aliphatic rings. The molecule has 0 saturated carbocycles. The molecule has 0 radical (unpaired) electrons. The van der Waals surface area contributed by atoms with Crippen LogP contribution in [0.1, 0.15) is 11.1 Å². The highest BCUT2D eigenvalue weighted by Gasteiger charge is 1.98. The zero-order chi connectivity index (χ0) is 13.7. The molecule has 2 aromatic rings. The van der Waals surface area contributed by atoms with Gasteiger partial charge in [-0.15, -0.1) is 0 Å². The maximum atomic E-state index is 5.81. The third-order valence-corrected chi connectivity index (χ3v) is 2.83. The van der Waals surface area contributed by atoms with Gasteiger partial charge < -0.3 is 15.8 Å². The zero-order valence-corrected chi connectivity index (χ0v) is 11.4. The summed E-state index contributed by atoms with van der Waals surface area (Å²) in [6, 6.07) is 14.0. The summed E-state index contributed by atoms with van der Waals surface area (Å²) in [6.45, 7) is 5.52. The van der Waals surface area contributed by atoms with Gasteiger partial charge in [0.25, 0.3) is 0 Å². The Kier molecular flexibility index (Phi) is 4.29. The average Bonchev–Trinajstić information content (AvgIpc) is 2.35. The van der Waals surface area contributed by atoms with E-state index in [4.69, 9.17) is 10.5 Å². The van der Waals surface area contributed by atoms with Gasteiger partial charge in [0.1, 0.15) is 12.4 Å². The first-order valence-electron chi connectivity index (χ1n) is 6.44. The molecule has 19 heavy (non-hydrogen) atoms. The van der Waals surface area contributed by atoms with Gasteiger partial charge in [0.2, 0.25) is 0 Å². The minimum absolute atomic E-state index is 0.585. The Morgan fingerprint density at radius 3 is 2.42 bits per heavy atom. The predicted molar refractivity (Wildman–Crippen MR) is 80.8 cm³/mol. The number of anilines is 2. The largest absolute Gasteiger partial charge is 0.490 e. The molecule has 2 rings (SSSR count). The summed E-state index contributed by atoms with van der Waals surface area (Å²) in [5, 5.41) is 3.35. The highest BCUT2D eigenvalue weighted by atomic mass is 16.5. The topological polar surface area (TPSA) is 47.3 Å². The van der Waals surface area contributed by atoms with Crippen LogP contribution in [0.25, 0.3) is 0 Å². The van der Waals surface area contributed by atoms with E-state index in [1.807, 2.05) is 24.3 Å². The number of nitrogens with one attached hydrogen (secondary N) is 1. The Morgan fingerprint density at radius 2 is 1.74 bits per heavy atom. The van der Waals surface area contributed by atoms with E-state index < -0.39 is 0 Å². The first-order valence-corrected chi connectivity index (χ1v) is 6.44. The van der Waals surface area contributed by atoms with E-state index in [0.717, 1.165) is 18.0 Å². The fourth-order valence-corrected chi connectivity index (χ4v) is 2.05. The summed E-state index contributed by atoms with van der Waals surface area (Å²) >= 11 is 0. The minimum atomic E-state index is 0.585. The van der Waals surface area contributed by atoms with E-state index in [9.17, 15) is 0 Å². The lowest BCUT2D eigenvalue weighted by Crippen LogP contribution is -2.12. The van der Waals surface area contributed by atoms with Gasteiger partial charge in [0.05, 0.1) is 5.69 Å². The first kappa shape index (κ1) is 13.3. The second-order valence-corrected chi connectivity index (χ2v) is 4.69. The molecule has 3 heteroatoms. The van der Waals surface area contributed by atoms with Crippen molar-refractivity contribution in [3.05, 3.63) is 53.6 Å². The number of hydrogen-bond donors (Lipinski definition) is 2. The smallest absolute Gasteiger partial charge is 0.142 e. The Morgan fingerprint density at radius 1 is 1.05 bits per heavy atom. The van der Waals surface area contributed by atoms with Crippen molar-refractivity contribution in [1.29, 1.82) is 0 Å². The summed E-state index contributed by atoms with van der Waals surface area (Å²) in [6.07, 6.45) is 0. The van der Waals surface area contributed by atoms with Gasteiger partial charge in [0.15, 0.2) is 0 Å². The minimum Gasteiger partial charge on any atom is -0.490 e. The van der Waals surface area contributed by atoms with Crippen LogP contribution in [0.4, 0.5) is 11.4 Å². The number of hydrogen-bond acceptors (Lipinski definition) is 3. The van der Waals surface area contributed by atoms with Gasteiger partial charge >= 0.3 is 0 Å². The summed E-state index contributed by atoms with van der Waals surface area (Å²) in [5.74, 6) is 0.740. The van der Waals surface area contributed by atoms with Gasteiger partial charge in [-0.3, -0.25) is 0 Å². The van der Waals surface area contributed by atoms with Crippen LogP contribution in [0.2, 0.25) is 0 Å². The second kappa shape index (κ2) is 6.14. The third-order valence-electron chi connectivity index (χ3n) is 2.83. The van der Waals surface area contributed by atoms with Gasteiger partial charge in [-0.1, -0.05) is 18.2 Å². The summed E-state index contributed by atoms with van der Waals surface area (Å²) in [7, 11) is 0. The lowest BCUT2D eigenvalue weighted by molar-refractivity contribution is 0.334.